The van der Waals surface area contributed by atoms with Crippen molar-refractivity contribution in [3.63, 3.8) is 0 Å². The second kappa shape index (κ2) is 5.22. The van der Waals surface area contributed by atoms with Crippen LogP contribution in [-0.2, 0) is 0 Å². The molecule has 0 aliphatic carbocycles. The maximum atomic E-state index is 5.63. The second-order valence-corrected chi connectivity index (χ2v) is 4.69. The SMILES string of the molecule is CNc1cc(Nc2ccc(Br)c(C)c2)nc(N)n1. The fraction of sp³-hybridized carbons (Fsp3) is 0.167. The molecule has 0 bridgehead atoms. The summed E-state index contributed by atoms with van der Waals surface area (Å²) in [6, 6.07) is 7.78. The molecule has 4 N–H and O–H groups in total. The quantitative estimate of drug-likeness (QED) is 0.813. The van der Waals surface area contributed by atoms with Crippen LogP contribution in [0.5, 0.6) is 0 Å². The smallest absolute Gasteiger partial charge is 0.223 e. The first-order valence-electron chi connectivity index (χ1n) is 5.44. The molecular weight excluding hydrogens is 294 g/mol. The number of aromatic nitrogens is 2. The molecule has 1 aromatic heterocycles. The highest BCUT2D eigenvalue weighted by molar-refractivity contribution is 9.10. The van der Waals surface area contributed by atoms with Gasteiger partial charge in [0.25, 0.3) is 0 Å². The van der Waals surface area contributed by atoms with E-state index in [1.807, 2.05) is 25.1 Å². The topological polar surface area (TPSA) is 75.9 Å². The maximum Gasteiger partial charge on any atom is 0.223 e. The Kier molecular flexibility index (Phi) is 3.66. The molecule has 0 saturated heterocycles. The Labute approximate surface area is 114 Å². The summed E-state index contributed by atoms with van der Waals surface area (Å²) in [4.78, 5) is 8.17. The molecule has 0 saturated carbocycles. The van der Waals surface area contributed by atoms with E-state index in [0.717, 1.165) is 15.7 Å². The molecule has 2 aromatic rings. The Morgan fingerprint density at radius 1 is 1.17 bits per heavy atom. The molecule has 0 amide bonds. The van der Waals surface area contributed by atoms with E-state index in [9.17, 15) is 0 Å². The van der Waals surface area contributed by atoms with Crippen LogP contribution in [-0.4, -0.2) is 17.0 Å². The van der Waals surface area contributed by atoms with Crippen molar-refractivity contribution in [3.8, 4) is 0 Å². The molecule has 1 aromatic carbocycles. The van der Waals surface area contributed by atoms with Crippen molar-refractivity contribution in [1.29, 1.82) is 0 Å². The molecule has 0 aliphatic heterocycles. The van der Waals surface area contributed by atoms with E-state index in [4.69, 9.17) is 5.73 Å². The predicted molar refractivity (Wildman–Crippen MR) is 78.2 cm³/mol. The van der Waals surface area contributed by atoms with Crippen LogP contribution in [0.15, 0.2) is 28.7 Å². The molecule has 2 rings (SSSR count). The van der Waals surface area contributed by atoms with Gasteiger partial charge < -0.3 is 16.4 Å². The molecule has 0 unspecified atom stereocenters. The maximum absolute atomic E-state index is 5.63. The molecule has 0 atom stereocenters. The molecule has 0 spiro atoms. The summed E-state index contributed by atoms with van der Waals surface area (Å²) in [5.41, 5.74) is 7.74. The first-order valence-corrected chi connectivity index (χ1v) is 6.23. The van der Waals surface area contributed by atoms with E-state index in [2.05, 4.69) is 36.5 Å². The fourth-order valence-electron chi connectivity index (χ4n) is 1.53. The van der Waals surface area contributed by atoms with Gasteiger partial charge in [0.05, 0.1) is 0 Å². The molecule has 6 heteroatoms. The van der Waals surface area contributed by atoms with Gasteiger partial charge in [0.1, 0.15) is 11.6 Å². The molecule has 0 aliphatic rings. The Balaban J connectivity index is 2.27. The average molecular weight is 308 g/mol. The van der Waals surface area contributed by atoms with E-state index in [0.29, 0.717) is 11.6 Å². The van der Waals surface area contributed by atoms with Gasteiger partial charge in [-0.3, -0.25) is 0 Å². The molecule has 0 radical (unpaired) electrons. The van der Waals surface area contributed by atoms with Gasteiger partial charge in [0, 0.05) is 23.3 Å². The summed E-state index contributed by atoms with van der Waals surface area (Å²) in [6.07, 6.45) is 0. The summed E-state index contributed by atoms with van der Waals surface area (Å²) in [7, 11) is 1.79. The van der Waals surface area contributed by atoms with Gasteiger partial charge in [-0.05, 0) is 30.7 Å². The largest absolute Gasteiger partial charge is 0.373 e. The van der Waals surface area contributed by atoms with E-state index in [1.54, 1.807) is 13.1 Å². The summed E-state index contributed by atoms with van der Waals surface area (Å²) >= 11 is 3.47. The van der Waals surface area contributed by atoms with Crippen molar-refractivity contribution in [2.24, 2.45) is 0 Å². The zero-order valence-corrected chi connectivity index (χ0v) is 11.7. The minimum Gasteiger partial charge on any atom is -0.373 e. The predicted octanol–water partition coefficient (Wildman–Crippen LogP) is 2.92. The minimum atomic E-state index is 0.234. The van der Waals surface area contributed by atoms with Gasteiger partial charge in [0.15, 0.2) is 0 Å². The summed E-state index contributed by atoms with van der Waals surface area (Å²) in [5.74, 6) is 1.57. The van der Waals surface area contributed by atoms with Crippen LogP contribution in [0.3, 0.4) is 0 Å². The lowest BCUT2D eigenvalue weighted by Gasteiger charge is -2.09. The molecule has 18 heavy (non-hydrogen) atoms. The average Bonchev–Trinajstić information content (AvgIpc) is 2.33. The zero-order chi connectivity index (χ0) is 13.1. The van der Waals surface area contributed by atoms with Crippen molar-refractivity contribution in [2.75, 3.05) is 23.4 Å². The summed E-state index contributed by atoms with van der Waals surface area (Å²) < 4.78 is 1.08. The number of benzene rings is 1. The Bertz CT molecular complexity index is 570. The summed E-state index contributed by atoms with van der Waals surface area (Å²) in [5, 5.41) is 6.13. The van der Waals surface area contributed by atoms with Gasteiger partial charge in [0.2, 0.25) is 5.95 Å². The molecule has 5 nitrogen and oxygen atoms in total. The number of aryl methyl sites for hydroxylation is 1. The van der Waals surface area contributed by atoms with Crippen LogP contribution in [0.25, 0.3) is 0 Å². The number of halogens is 1. The lowest BCUT2D eigenvalue weighted by atomic mass is 10.2. The van der Waals surface area contributed by atoms with E-state index < -0.39 is 0 Å². The van der Waals surface area contributed by atoms with Crippen LogP contribution < -0.4 is 16.4 Å². The summed E-state index contributed by atoms with van der Waals surface area (Å²) in [6.45, 7) is 2.03. The third-order valence-corrected chi connectivity index (χ3v) is 3.32. The minimum absolute atomic E-state index is 0.234. The number of anilines is 4. The lowest BCUT2D eigenvalue weighted by molar-refractivity contribution is 1.17. The first-order chi connectivity index (χ1) is 8.58. The van der Waals surface area contributed by atoms with Crippen molar-refractivity contribution in [3.05, 3.63) is 34.3 Å². The number of nitrogen functional groups attached to an aromatic ring is 1. The Morgan fingerprint density at radius 2 is 1.89 bits per heavy atom. The van der Waals surface area contributed by atoms with Crippen molar-refractivity contribution in [1.82, 2.24) is 9.97 Å². The first kappa shape index (κ1) is 12.6. The van der Waals surface area contributed by atoms with Crippen LogP contribution >= 0.6 is 15.9 Å². The number of rotatable bonds is 3. The zero-order valence-electron chi connectivity index (χ0n) is 10.2. The number of nitrogens with two attached hydrogens (primary N) is 1. The number of nitrogens with zero attached hydrogens (tertiary/aromatic N) is 2. The van der Waals surface area contributed by atoms with E-state index >= 15 is 0 Å². The number of hydrogen-bond acceptors (Lipinski definition) is 5. The Hall–Kier alpha value is -1.82. The molecular formula is C12H14BrN5. The standard InChI is InChI=1S/C12H14BrN5/c1-7-5-8(3-4-9(7)13)16-11-6-10(15-2)17-12(14)18-11/h3-6H,1-2H3,(H4,14,15,16,17,18). The third-order valence-electron chi connectivity index (χ3n) is 2.43. The van der Waals surface area contributed by atoms with Gasteiger partial charge >= 0.3 is 0 Å². The van der Waals surface area contributed by atoms with Crippen LogP contribution in [0.1, 0.15) is 5.56 Å². The normalized spacial score (nSPS) is 10.2. The van der Waals surface area contributed by atoms with Gasteiger partial charge in [-0.1, -0.05) is 15.9 Å². The highest BCUT2D eigenvalue weighted by Gasteiger charge is 2.03. The van der Waals surface area contributed by atoms with E-state index in [-0.39, 0.29) is 5.95 Å². The van der Waals surface area contributed by atoms with Gasteiger partial charge in [-0.15, -0.1) is 0 Å². The van der Waals surface area contributed by atoms with Gasteiger partial charge in [-0.25, -0.2) is 0 Å². The van der Waals surface area contributed by atoms with Crippen LogP contribution in [0.4, 0.5) is 23.3 Å². The van der Waals surface area contributed by atoms with Crippen molar-refractivity contribution in [2.45, 2.75) is 6.92 Å². The van der Waals surface area contributed by atoms with E-state index in [1.165, 1.54) is 0 Å². The second-order valence-electron chi connectivity index (χ2n) is 3.84. The molecule has 0 fully saturated rings. The number of nitrogens with one attached hydrogen (secondary N) is 2. The van der Waals surface area contributed by atoms with Gasteiger partial charge in [-0.2, -0.15) is 9.97 Å². The lowest BCUT2D eigenvalue weighted by Crippen LogP contribution is -2.03. The monoisotopic (exact) mass is 307 g/mol. The number of hydrogen-bond donors (Lipinski definition) is 3. The van der Waals surface area contributed by atoms with Crippen LogP contribution in [0.2, 0.25) is 0 Å². The highest BCUT2D eigenvalue weighted by atomic mass is 79.9. The molecule has 94 valence electrons. The van der Waals surface area contributed by atoms with Crippen LogP contribution in [0, 0.1) is 6.92 Å². The Morgan fingerprint density at radius 3 is 2.56 bits per heavy atom. The fourth-order valence-corrected chi connectivity index (χ4v) is 1.77. The highest BCUT2D eigenvalue weighted by Crippen LogP contribution is 2.23. The van der Waals surface area contributed by atoms with Crippen molar-refractivity contribution < 1.29 is 0 Å². The van der Waals surface area contributed by atoms with Crippen molar-refractivity contribution >= 4 is 39.2 Å². The molecule has 1 heterocycles. The third kappa shape index (κ3) is 2.89.